The van der Waals surface area contributed by atoms with E-state index in [2.05, 4.69) is 41.4 Å². The molecular weight excluding hydrogens is 426 g/mol. The monoisotopic (exact) mass is 458 g/mol. The van der Waals surface area contributed by atoms with Crippen molar-refractivity contribution in [3.63, 3.8) is 0 Å². The second kappa shape index (κ2) is 9.21. The van der Waals surface area contributed by atoms with Crippen molar-refractivity contribution in [2.45, 2.75) is 58.4 Å². The standard InChI is InChI=1S/C24H32F2N6O/c1-6-7-15(12-27-4)29-23-17(26)8-16(25)22(30-23)18-13-28-20-9-19(33-5)21(31-32(18)20)14-10-24(2,3)11-14/h8-9,13-15,27H,6-7,10-12H2,1-5H3,(H,29,30). The zero-order valence-corrected chi connectivity index (χ0v) is 19.9. The van der Waals surface area contributed by atoms with Crippen molar-refractivity contribution < 1.29 is 13.5 Å². The van der Waals surface area contributed by atoms with E-state index in [0.717, 1.165) is 37.4 Å². The van der Waals surface area contributed by atoms with E-state index in [1.54, 1.807) is 11.6 Å². The summed E-state index contributed by atoms with van der Waals surface area (Å²) in [5, 5.41) is 11.0. The Labute approximate surface area is 193 Å². The molecule has 3 heterocycles. The summed E-state index contributed by atoms with van der Waals surface area (Å²) in [5.41, 5.74) is 1.97. The van der Waals surface area contributed by atoms with E-state index in [1.165, 1.54) is 6.20 Å². The molecule has 2 N–H and O–H groups in total. The van der Waals surface area contributed by atoms with Crippen molar-refractivity contribution in [2.75, 3.05) is 26.0 Å². The molecule has 1 unspecified atom stereocenters. The first kappa shape index (κ1) is 23.4. The molecular formula is C24H32F2N6O. The number of nitrogens with one attached hydrogen (secondary N) is 2. The minimum atomic E-state index is -0.760. The quantitative estimate of drug-likeness (QED) is 0.481. The normalized spacial score (nSPS) is 16.6. The second-order valence-electron chi connectivity index (χ2n) is 9.62. The van der Waals surface area contributed by atoms with E-state index in [-0.39, 0.29) is 28.9 Å². The number of halogens is 2. The predicted octanol–water partition coefficient (Wildman–Crippen LogP) is 4.78. The molecule has 7 nitrogen and oxygen atoms in total. The van der Waals surface area contributed by atoms with Crippen LogP contribution in [0.5, 0.6) is 5.75 Å². The van der Waals surface area contributed by atoms with Crippen LogP contribution in [0.1, 0.15) is 58.1 Å². The molecule has 0 amide bonds. The Morgan fingerprint density at radius 3 is 2.64 bits per heavy atom. The number of aromatic nitrogens is 4. The summed E-state index contributed by atoms with van der Waals surface area (Å²) in [6, 6.07) is 2.64. The first-order valence-corrected chi connectivity index (χ1v) is 11.5. The molecule has 0 aromatic carbocycles. The number of nitrogens with zero attached hydrogens (tertiary/aromatic N) is 4. The largest absolute Gasteiger partial charge is 0.495 e. The molecule has 4 rings (SSSR count). The number of likely N-dealkylation sites (N-methyl/N-ethyl adjacent to an activating group) is 1. The van der Waals surface area contributed by atoms with E-state index in [9.17, 15) is 8.78 Å². The van der Waals surface area contributed by atoms with Crippen LogP contribution in [-0.4, -0.2) is 46.3 Å². The molecule has 0 spiro atoms. The first-order chi connectivity index (χ1) is 15.8. The predicted molar refractivity (Wildman–Crippen MR) is 125 cm³/mol. The van der Waals surface area contributed by atoms with Gasteiger partial charge in [0.25, 0.3) is 0 Å². The lowest BCUT2D eigenvalue weighted by atomic mass is 9.63. The van der Waals surface area contributed by atoms with Crippen LogP contribution >= 0.6 is 0 Å². The van der Waals surface area contributed by atoms with Gasteiger partial charge >= 0.3 is 0 Å². The minimum Gasteiger partial charge on any atom is -0.495 e. The summed E-state index contributed by atoms with van der Waals surface area (Å²) in [6.45, 7) is 7.15. The Kier molecular flexibility index (Phi) is 6.52. The van der Waals surface area contributed by atoms with Crippen molar-refractivity contribution in [1.29, 1.82) is 0 Å². The number of hydrogen-bond acceptors (Lipinski definition) is 6. The fraction of sp³-hybridized carbons (Fsp3) is 0.542. The number of ether oxygens (including phenoxy) is 1. The van der Waals surface area contributed by atoms with Crippen LogP contribution in [-0.2, 0) is 0 Å². The van der Waals surface area contributed by atoms with Gasteiger partial charge in [-0.15, -0.1) is 0 Å². The Bertz CT molecular complexity index is 1130. The molecule has 1 aliphatic rings. The van der Waals surface area contributed by atoms with Crippen LogP contribution in [0.4, 0.5) is 14.6 Å². The third-order valence-corrected chi connectivity index (χ3v) is 6.29. The van der Waals surface area contributed by atoms with Gasteiger partial charge in [-0.05, 0) is 31.7 Å². The highest BCUT2D eigenvalue weighted by atomic mass is 19.1. The van der Waals surface area contributed by atoms with Crippen LogP contribution in [0.3, 0.4) is 0 Å². The van der Waals surface area contributed by atoms with Gasteiger partial charge in [0.05, 0.1) is 13.3 Å². The molecule has 9 heteroatoms. The molecule has 1 fully saturated rings. The molecule has 3 aromatic heterocycles. The Hall–Kier alpha value is -2.81. The van der Waals surface area contributed by atoms with Crippen LogP contribution in [0.15, 0.2) is 18.3 Å². The molecule has 33 heavy (non-hydrogen) atoms. The van der Waals surface area contributed by atoms with E-state index >= 15 is 0 Å². The third kappa shape index (κ3) is 4.64. The summed E-state index contributed by atoms with van der Waals surface area (Å²) in [7, 11) is 3.45. The van der Waals surface area contributed by atoms with Crippen molar-refractivity contribution >= 4 is 11.5 Å². The average Bonchev–Trinajstić information content (AvgIpc) is 3.15. The van der Waals surface area contributed by atoms with Crippen LogP contribution in [0, 0.1) is 17.0 Å². The van der Waals surface area contributed by atoms with Crippen molar-refractivity contribution in [3.05, 3.63) is 35.7 Å². The summed E-state index contributed by atoms with van der Waals surface area (Å²) < 4.78 is 36.6. The second-order valence-corrected chi connectivity index (χ2v) is 9.62. The number of fused-ring (bicyclic) bond motifs is 1. The van der Waals surface area contributed by atoms with E-state index < -0.39 is 11.6 Å². The highest BCUT2D eigenvalue weighted by Crippen LogP contribution is 2.51. The van der Waals surface area contributed by atoms with E-state index in [0.29, 0.717) is 23.6 Å². The third-order valence-electron chi connectivity index (χ3n) is 6.29. The number of rotatable bonds is 9. The van der Waals surface area contributed by atoms with Crippen LogP contribution < -0.4 is 15.4 Å². The Morgan fingerprint density at radius 2 is 2.00 bits per heavy atom. The topological polar surface area (TPSA) is 76.4 Å². The van der Waals surface area contributed by atoms with Gasteiger partial charge < -0.3 is 15.4 Å². The zero-order valence-electron chi connectivity index (χ0n) is 19.9. The summed E-state index contributed by atoms with van der Waals surface area (Å²) >= 11 is 0. The summed E-state index contributed by atoms with van der Waals surface area (Å²) in [4.78, 5) is 8.70. The average molecular weight is 459 g/mol. The van der Waals surface area contributed by atoms with Gasteiger partial charge in [0, 0.05) is 30.6 Å². The smallest absolute Gasteiger partial charge is 0.168 e. The number of hydrogen-bond donors (Lipinski definition) is 2. The zero-order chi connectivity index (χ0) is 23.8. The van der Waals surface area contributed by atoms with Crippen LogP contribution in [0.2, 0.25) is 0 Å². The van der Waals surface area contributed by atoms with E-state index in [1.807, 2.05) is 13.1 Å². The molecule has 178 valence electrons. The fourth-order valence-corrected chi connectivity index (χ4v) is 4.75. The Balaban J connectivity index is 1.75. The van der Waals surface area contributed by atoms with Gasteiger partial charge in [0.1, 0.15) is 22.8 Å². The van der Waals surface area contributed by atoms with Gasteiger partial charge in [-0.3, -0.25) is 0 Å². The highest BCUT2D eigenvalue weighted by Gasteiger charge is 2.39. The van der Waals surface area contributed by atoms with E-state index in [4.69, 9.17) is 9.84 Å². The van der Waals surface area contributed by atoms with Crippen LogP contribution in [0.25, 0.3) is 17.0 Å². The highest BCUT2D eigenvalue weighted by molar-refractivity contribution is 5.63. The molecule has 1 saturated carbocycles. The molecule has 3 aromatic rings. The lowest BCUT2D eigenvalue weighted by Crippen LogP contribution is -2.31. The minimum absolute atomic E-state index is 0.00339. The summed E-state index contributed by atoms with van der Waals surface area (Å²) in [6.07, 6.45) is 5.25. The number of anilines is 1. The van der Waals surface area contributed by atoms with Crippen molar-refractivity contribution in [2.24, 2.45) is 5.41 Å². The van der Waals surface area contributed by atoms with Crippen molar-refractivity contribution in [3.8, 4) is 17.1 Å². The van der Waals surface area contributed by atoms with Gasteiger partial charge in [-0.1, -0.05) is 27.2 Å². The number of imidazole rings is 1. The molecule has 0 aliphatic heterocycles. The maximum atomic E-state index is 14.9. The molecule has 1 aliphatic carbocycles. The fourth-order valence-electron chi connectivity index (χ4n) is 4.75. The Morgan fingerprint density at radius 1 is 1.24 bits per heavy atom. The molecule has 1 atom stereocenters. The molecule has 0 radical (unpaired) electrons. The van der Waals surface area contributed by atoms with Gasteiger partial charge in [0.2, 0.25) is 0 Å². The van der Waals surface area contributed by atoms with Gasteiger partial charge in [-0.2, -0.15) is 5.10 Å². The number of methoxy groups -OCH3 is 1. The van der Waals surface area contributed by atoms with Gasteiger partial charge in [-0.25, -0.2) is 23.3 Å². The van der Waals surface area contributed by atoms with Gasteiger partial charge in [0.15, 0.2) is 23.1 Å². The molecule has 0 saturated heterocycles. The summed E-state index contributed by atoms with van der Waals surface area (Å²) in [5.74, 6) is -0.540. The number of pyridine rings is 1. The van der Waals surface area contributed by atoms with Crippen molar-refractivity contribution in [1.82, 2.24) is 24.9 Å². The SMILES string of the molecule is CCCC(CNC)Nc1nc(-c2cnc3cc(OC)c(C4CC(C)(C)C4)nn23)c(F)cc1F. The lowest BCUT2D eigenvalue weighted by Gasteiger charge is -2.42. The lowest BCUT2D eigenvalue weighted by molar-refractivity contribution is 0.145. The maximum absolute atomic E-state index is 14.9. The maximum Gasteiger partial charge on any atom is 0.168 e. The first-order valence-electron chi connectivity index (χ1n) is 11.5. The molecule has 0 bridgehead atoms.